The second kappa shape index (κ2) is 5.66. The maximum atomic E-state index is 12.9. The largest absolute Gasteiger partial charge is 0.457 e. The summed E-state index contributed by atoms with van der Waals surface area (Å²) in [5.41, 5.74) is 7.43. The van der Waals surface area contributed by atoms with Crippen LogP contribution in [0.15, 0.2) is 61.2 Å². The first-order valence-corrected chi connectivity index (χ1v) is 6.48. The Morgan fingerprint density at radius 3 is 2.67 bits per heavy atom. The lowest BCUT2D eigenvalue weighted by Crippen LogP contribution is -2.00. The number of aromatic nitrogens is 2. The summed E-state index contributed by atoms with van der Waals surface area (Å²) in [4.78, 5) is 4.01. The van der Waals surface area contributed by atoms with E-state index in [1.165, 1.54) is 12.1 Å². The first-order chi connectivity index (χ1) is 10.2. The van der Waals surface area contributed by atoms with Gasteiger partial charge in [-0.3, -0.25) is 0 Å². The van der Waals surface area contributed by atoms with Crippen LogP contribution in [-0.2, 0) is 6.54 Å². The van der Waals surface area contributed by atoms with Gasteiger partial charge < -0.3 is 15.0 Å². The van der Waals surface area contributed by atoms with Gasteiger partial charge >= 0.3 is 0 Å². The van der Waals surface area contributed by atoms with E-state index in [1.54, 1.807) is 30.7 Å². The van der Waals surface area contributed by atoms with Crippen molar-refractivity contribution in [2.24, 2.45) is 0 Å². The predicted molar refractivity (Wildman–Crippen MR) is 78.7 cm³/mol. The zero-order valence-corrected chi connectivity index (χ0v) is 11.2. The van der Waals surface area contributed by atoms with Crippen molar-refractivity contribution in [2.75, 3.05) is 5.73 Å². The van der Waals surface area contributed by atoms with Crippen LogP contribution in [0.1, 0.15) is 5.56 Å². The Morgan fingerprint density at radius 2 is 1.95 bits per heavy atom. The van der Waals surface area contributed by atoms with Gasteiger partial charge in [-0.2, -0.15) is 0 Å². The van der Waals surface area contributed by atoms with Crippen molar-refractivity contribution in [2.45, 2.75) is 6.54 Å². The van der Waals surface area contributed by atoms with Gasteiger partial charge in [-0.1, -0.05) is 0 Å². The third kappa shape index (κ3) is 3.20. The van der Waals surface area contributed by atoms with E-state index in [0.29, 0.717) is 23.7 Å². The van der Waals surface area contributed by atoms with Gasteiger partial charge in [-0.25, -0.2) is 9.37 Å². The molecule has 0 radical (unpaired) electrons. The van der Waals surface area contributed by atoms with Gasteiger partial charge in [-0.05, 0) is 42.5 Å². The molecular formula is C16H14FN3O. The fourth-order valence-corrected chi connectivity index (χ4v) is 2.03. The summed E-state index contributed by atoms with van der Waals surface area (Å²) >= 11 is 0. The minimum absolute atomic E-state index is 0.293. The SMILES string of the molecule is Nc1ccc(Oc2ccc(F)cc2)c(Cn2ccnc2)c1. The molecule has 0 spiro atoms. The van der Waals surface area contributed by atoms with E-state index < -0.39 is 0 Å². The molecule has 0 saturated carbocycles. The van der Waals surface area contributed by atoms with Gasteiger partial charge in [0, 0.05) is 23.6 Å². The number of rotatable bonds is 4. The third-order valence-electron chi connectivity index (χ3n) is 3.04. The van der Waals surface area contributed by atoms with Crippen LogP contribution < -0.4 is 10.5 Å². The third-order valence-corrected chi connectivity index (χ3v) is 3.04. The highest BCUT2D eigenvalue weighted by atomic mass is 19.1. The normalized spacial score (nSPS) is 10.5. The molecule has 0 amide bonds. The minimum Gasteiger partial charge on any atom is -0.457 e. The molecule has 3 aromatic rings. The van der Waals surface area contributed by atoms with Crippen molar-refractivity contribution in [3.8, 4) is 11.5 Å². The topological polar surface area (TPSA) is 53.1 Å². The van der Waals surface area contributed by atoms with Crippen LogP contribution in [0.3, 0.4) is 0 Å². The zero-order valence-electron chi connectivity index (χ0n) is 11.2. The Bertz CT molecular complexity index is 724. The number of anilines is 1. The van der Waals surface area contributed by atoms with Gasteiger partial charge in [0.15, 0.2) is 0 Å². The molecule has 2 aromatic carbocycles. The summed E-state index contributed by atoms with van der Waals surface area (Å²) in [5, 5.41) is 0. The zero-order chi connectivity index (χ0) is 14.7. The second-order valence-electron chi connectivity index (χ2n) is 4.66. The Balaban J connectivity index is 1.88. The number of nitrogen functional groups attached to an aromatic ring is 1. The molecule has 0 aliphatic heterocycles. The lowest BCUT2D eigenvalue weighted by atomic mass is 10.1. The van der Waals surface area contributed by atoms with Gasteiger partial charge in [-0.15, -0.1) is 0 Å². The molecule has 21 heavy (non-hydrogen) atoms. The minimum atomic E-state index is -0.293. The van der Waals surface area contributed by atoms with Crippen LogP contribution in [0.25, 0.3) is 0 Å². The highest BCUT2D eigenvalue weighted by molar-refractivity contribution is 5.49. The van der Waals surface area contributed by atoms with Crippen molar-refractivity contribution >= 4 is 5.69 Å². The number of ether oxygens (including phenoxy) is 1. The van der Waals surface area contributed by atoms with E-state index in [1.807, 2.05) is 22.9 Å². The molecule has 1 aromatic heterocycles. The smallest absolute Gasteiger partial charge is 0.132 e. The standard InChI is InChI=1S/C16H14FN3O/c17-13-1-4-15(5-2-13)21-16-6-3-14(18)9-12(16)10-20-8-7-19-11-20/h1-9,11H,10,18H2. The molecule has 0 aliphatic carbocycles. The molecule has 0 bridgehead atoms. The molecule has 0 saturated heterocycles. The van der Waals surface area contributed by atoms with Crippen LogP contribution in [0.5, 0.6) is 11.5 Å². The molecule has 106 valence electrons. The van der Waals surface area contributed by atoms with Crippen molar-refractivity contribution in [3.05, 3.63) is 72.6 Å². The summed E-state index contributed by atoms with van der Waals surface area (Å²) in [6, 6.07) is 11.4. The van der Waals surface area contributed by atoms with E-state index in [4.69, 9.17) is 10.5 Å². The van der Waals surface area contributed by atoms with Crippen molar-refractivity contribution in [1.82, 2.24) is 9.55 Å². The van der Waals surface area contributed by atoms with Crippen LogP contribution >= 0.6 is 0 Å². The summed E-state index contributed by atoms with van der Waals surface area (Å²) in [5.74, 6) is 0.968. The summed E-state index contributed by atoms with van der Waals surface area (Å²) in [6.07, 6.45) is 5.31. The van der Waals surface area contributed by atoms with Gasteiger partial charge in [0.2, 0.25) is 0 Å². The molecule has 0 unspecified atom stereocenters. The van der Waals surface area contributed by atoms with E-state index in [-0.39, 0.29) is 5.82 Å². The van der Waals surface area contributed by atoms with E-state index in [9.17, 15) is 4.39 Å². The number of halogens is 1. The molecular weight excluding hydrogens is 269 g/mol. The fraction of sp³-hybridized carbons (Fsp3) is 0.0625. The number of hydrogen-bond acceptors (Lipinski definition) is 3. The van der Waals surface area contributed by atoms with E-state index in [2.05, 4.69) is 4.98 Å². The summed E-state index contributed by atoms with van der Waals surface area (Å²) in [6.45, 7) is 0.599. The Morgan fingerprint density at radius 1 is 1.14 bits per heavy atom. The number of hydrogen-bond donors (Lipinski definition) is 1. The molecule has 2 N–H and O–H groups in total. The van der Waals surface area contributed by atoms with Crippen LogP contribution in [0.2, 0.25) is 0 Å². The lowest BCUT2D eigenvalue weighted by Gasteiger charge is -2.12. The van der Waals surface area contributed by atoms with Crippen molar-refractivity contribution in [3.63, 3.8) is 0 Å². The highest BCUT2D eigenvalue weighted by Crippen LogP contribution is 2.28. The fourth-order valence-electron chi connectivity index (χ4n) is 2.03. The summed E-state index contributed by atoms with van der Waals surface area (Å²) < 4.78 is 20.7. The molecule has 0 fully saturated rings. The average molecular weight is 283 g/mol. The maximum Gasteiger partial charge on any atom is 0.132 e. The van der Waals surface area contributed by atoms with E-state index in [0.717, 1.165) is 5.56 Å². The number of benzene rings is 2. The number of nitrogens with zero attached hydrogens (tertiary/aromatic N) is 2. The Hall–Kier alpha value is -2.82. The lowest BCUT2D eigenvalue weighted by molar-refractivity contribution is 0.472. The monoisotopic (exact) mass is 283 g/mol. The van der Waals surface area contributed by atoms with Gasteiger partial charge in [0.25, 0.3) is 0 Å². The second-order valence-corrected chi connectivity index (χ2v) is 4.66. The average Bonchev–Trinajstić information content (AvgIpc) is 2.97. The highest BCUT2D eigenvalue weighted by Gasteiger charge is 2.07. The Labute approximate surface area is 121 Å². The van der Waals surface area contributed by atoms with Crippen molar-refractivity contribution < 1.29 is 9.13 Å². The molecule has 0 aliphatic rings. The summed E-state index contributed by atoms with van der Waals surface area (Å²) in [7, 11) is 0. The first kappa shape index (κ1) is 13.2. The van der Waals surface area contributed by atoms with Crippen LogP contribution in [0, 0.1) is 5.82 Å². The molecule has 0 atom stereocenters. The Kier molecular flexibility index (Phi) is 3.55. The van der Waals surface area contributed by atoms with Gasteiger partial charge in [0.1, 0.15) is 17.3 Å². The van der Waals surface area contributed by atoms with Crippen LogP contribution in [-0.4, -0.2) is 9.55 Å². The number of nitrogens with two attached hydrogens (primary N) is 1. The van der Waals surface area contributed by atoms with Gasteiger partial charge in [0.05, 0.1) is 12.9 Å². The quantitative estimate of drug-likeness (QED) is 0.746. The first-order valence-electron chi connectivity index (χ1n) is 6.48. The molecule has 1 heterocycles. The van der Waals surface area contributed by atoms with E-state index >= 15 is 0 Å². The van der Waals surface area contributed by atoms with Crippen molar-refractivity contribution in [1.29, 1.82) is 0 Å². The van der Waals surface area contributed by atoms with Crippen LogP contribution in [0.4, 0.5) is 10.1 Å². The molecule has 4 nitrogen and oxygen atoms in total. The number of imidazole rings is 1. The molecule has 5 heteroatoms. The molecule has 3 rings (SSSR count). The maximum absolute atomic E-state index is 12.9. The predicted octanol–water partition coefficient (Wildman–Crippen LogP) is 3.45.